The predicted molar refractivity (Wildman–Crippen MR) is 80.4 cm³/mol. The van der Waals surface area contributed by atoms with Gasteiger partial charge in [0.15, 0.2) is 0 Å². The van der Waals surface area contributed by atoms with Gasteiger partial charge in [0.1, 0.15) is 18.1 Å². The second kappa shape index (κ2) is 6.65. The van der Waals surface area contributed by atoms with E-state index in [9.17, 15) is 10.1 Å². The lowest BCUT2D eigenvalue weighted by atomic mass is 10.2. The van der Waals surface area contributed by atoms with Crippen LogP contribution < -0.4 is 9.47 Å². The molecule has 0 radical (unpaired) electrons. The van der Waals surface area contributed by atoms with Crippen LogP contribution in [0.5, 0.6) is 11.5 Å². The minimum absolute atomic E-state index is 0.0903. The SMILES string of the molecule is COc1ccc(Cl)cc1COc1cc([N+](=O)[O-])ccc1Cl. The molecular weight excluding hydrogens is 317 g/mol. The van der Waals surface area contributed by atoms with Crippen LogP contribution in [-0.2, 0) is 6.61 Å². The van der Waals surface area contributed by atoms with Gasteiger partial charge >= 0.3 is 0 Å². The van der Waals surface area contributed by atoms with Gasteiger partial charge in [0.2, 0.25) is 0 Å². The van der Waals surface area contributed by atoms with Crippen LogP contribution in [0.3, 0.4) is 0 Å². The molecule has 2 rings (SSSR count). The molecular formula is C14H11Cl2NO4. The Labute approximate surface area is 131 Å². The maximum absolute atomic E-state index is 10.8. The van der Waals surface area contributed by atoms with Gasteiger partial charge in [0.05, 0.1) is 23.1 Å². The standard InChI is InChI=1S/C14H11Cl2NO4/c1-20-13-5-2-10(15)6-9(13)8-21-14-7-11(17(18)19)3-4-12(14)16/h2-7H,8H2,1H3. The van der Waals surface area contributed by atoms with Crippen LogP contribution in [0.4, 0.5) is 5.69 Å². The number of hydrogen-bond donors (Lipinski definition) is 0. The van der Waals surface area contributed by atoms with Crippen molar-refractivity contribution in [3.05, 3.63) is 62.1 Å². The molecule has 2 aromatic carbocycles. The molecule has 21 heavy (non-hydrogen) atoms. The van der Waals surface area contributed by atoms with Gasteiger partial charge in [-0.15, -0.1) is 0 Å². The molecule has 110 valence electrons. The maximum Gasteiger partial charge on any atom is 0.273 e. The van der Waals surface area contributed by atoms with E-state index >= 15 is 0 Å². The van der Waals surface area contributed by atoms with E-state index < -0.39 is 4.92 Å². The Hall–Kier alpha value is -1.98. The van der Waals surface area contributed by atoms with Crippen molar-refractivity contribution in [2.24, 2.45) is 0 Å². The molecule has 0 bridgehead atoms. The van der Waals surface area contributed by atoms with E-state index in [0.717, 1.165) is 0 Å². The lowest BCUT2D eigenvalue weighted by molar-refractivity contribution is -0.384. The number of non-ortho nitro benzene ring substituents is 1. The topological polar surface area (TPSA) is 61.6 Å². The molecule has 0 spiro atoms. The van der Waals surface area contributed by atoms with E-state index in [0.29, 0.717) is 21.4 Å². The van der Waals surface area contributed by atoms with Crippen LogP contribution in [-0.4, -0.2) is 12.0 Å². The minimum Gasteiger partial charge on any atom is -0.496 e. The van der Waals surface area contributed by atoms with E-state index in [1.165, 1.54) is 25.3 Å². The van der Waals surface area contributed by atoms with Crippen molar-refractivity contribution in [2.75, 3.05) is 7.11 Å². The average molecular weight is 328 g/mol. The Balaban J connectivity index is 2.22. The summed E-state index contributed by atoms with van der Waals surface area (Å²) in [5.41, 5.74) is 0.625. The normalized spacial score (nSPS) is 10.2. The zero-order chi connectivity index (χ0) is 15.4. The van der Waals surface area contributed by atoms with Crippen LogP contribution in [0.15, 0.2) is 36.4 Å². The fraction of sp³-hybridized carbons (Fsp3) is 0.143. The molecule has 0 atom stereocenters. The number of nitro groups is 1. The quantitative estimate of drug-likeness (QED) is 0.599. The zero-order valence-corrected chi connectivity index (χ0v) is 12.5. The first-order valence-corrected chi connectivity index (χ1v) is 6.66. The maximum atomic E-state index is 10.8. The molecule has 0 unspecified atom stereocenters. The Morgan fingerprint density at radius 3 is 2.57 bits per heavy atom. The van der Waals surface area contributed by atoms with Crippen molar-refractivity contribution in [3.8, 4) is 11.5 Å². The molecule has 0 saturated heterocycles. The fourth-order valence-corrected chi connectivity index (χ4v) is 2.10. The van der Waals surface area contributed by atoms with Gasteiger partial charge in [-0.25, -0.2) is 0 Å². The molecule has 0 aliphatic rings. The van der Waals surface area contributed by atoms with Gasteiger partial charge in [0, 0.05) is 16.7 Å². The number of ether oxygens (including phenoxy) is 2. The van der Waals surface area contributed by atoms with Gasteiger partial charge in [-0.05, 0) is 24.3 Å². The zero-order valence-electron chi connectivity index (χ0n) is 11.0. The Morgan fingerprint density at radius 2 is 1.90 bits per heavy atom. The van der Waals surface area contributed by atoms with E-state index in [1.54, 1.807) is 18.2 Å². The van der Waals surface area contributed by atoms with E-state index in [4.69, 9.17) is 32.7 Å². The van der Waals surface area contributed by atoms with Crippen molar-refractivity contribution in [2.45, 2.75) is 6.61 Å². The highest BCUT2D eigenvalue weighted by Crippen LogP contribution is 2.31. The second-order valence-corrected chi connectivity index (χ2v) is 4.96. The van der Waals surface area contributed by atoms with Crippen LogP contribution in [0.2, 0.25) is 10.0 Å². The molecule has 2 aromatic rings. The number of methoxy groups -OCH3 is 1. The van der Waals surface area contributed by atoms with Crippen LogP contribution in [0.1, 0.15) is 5.56 Å². The lowest BCUT2D eigenvalue weighted by Crippen LogP contribution is -2.00. The Kier molecular flexibility index (Phi) is 4.88. The average Bonchev–Trinajstić information content (AvgIpc) is 2.46. The fourth-order valence-electron chi connectivity index (χ4n) is 1.73. The summed E-state index contributed by atoms with van der Waals surface area (Å²) in [4.78, 5) is 10.2. The smallest absolute Gasteiger partial charge is 0.273 e. The van der Waals surface area contributed by atoms with Gasteiger partial charge < -0.3 is 9.47 Å². The molecule has 0 saturated carbocycles. The summed E-state index contributed by atoms with van der Waals surface area (Å²) in [6, 6.07) is 9.13. The highest BCUT2D eigenvalue weighted by atomic mass is 35.5. The van der Waals surface area contributed by atoms with Crippen molar-refractivity contribution in [1.29, 1.82) is 0 Å². The van der Waals surface area contributed by atoms with Gasteiger partial charge in [0.25, 0.3) is 5.69 Å². The van der Waals surface area contributed by atoms with Crippen molar-refractivity contribution in [3.63, 3.8) is 0 Å². The Morgan fingerprint density at radius 1 is 1.14 bits per heavy atom. The molecule has 0 heterocycles. The molecule has 0 aromatic heterocycles. The number of nitro benzene ring substituents is 1. The number of nitrogens with zero attached hydrogens (tertiary/aromatic N) is 1. The van der Waals surface area contributed by atoms with E-state index in [1.807, 2.05) is 0 Å². The third kappa shape index (κ3) is 3.77. The monoisotopic (exact) mass is 327 g/mol. The summed E-state index contributed by atoms with van der Waals surface area (Å²) < 4.78 is 10.7. The summed E-state index contributed by atoms with van der Waals surface area (Å²) in [6.45, 7) is 0.130. The van der Waals surface area contributed by atoms with Crippen molar-refractivity contribution >= 4 is 28.9 Å². The number of halogens is 2. The highest BCUT2D eigenvalue weighted by molar-refractivity contribution is 6.32. The third-order valence-corrected chi connectivity index (χ3v) is 3.30. The first kappa shape index (κ1) is 15.4. The van der Waals surface area contributed by atoms with Crippen LogP contribution in [0, 0.1) is 10.1 Å². The van der Waals surface area contributed by atoms with Crippen molar-refractivity contribution < 1.29 is 14.4 Å². The van der Waals surface area contributed by atoms with Gasteiger partial charge in [-0.3, -0.25) is 10.1 Å². The largest absolute Gasteiger partial charge is 0.496 e. The number of benzene rings is 2. The Bertz CT molecular complexity index is 676. The molecule has 7 heteroatoms. The molecule has 0 amide bonds. The summed E-state index contributed by atoms with van der Waals surface area (Å²) >= 11 is 11.9. The third-order valence-electron chi connectivity index (χ3n) is 2.75. The summed E-state index contributed by atoms with van der Waals surface area (Å²) in [5.74, 6) is 0.842. The lowest BCUT2D eigenvalue weighted by Gasteiger charge is -2.11. The van der Waals surface area contributed by atoms with Crippen molar-refractivity contribution in [1.82, 2.24) is 0 Å². The van der Waals surface area contributed by atoms with Crippen LogP contribution in [0.25, 0.3) is 0 Å². The first-order valence-electron chi connectivity index (χ1n) is 5.90. The molecule has 0 aliphatic heterocycles. The molecule has 0 aliphatic carbocycles. The highest BCUT2D eigenvalue weighted by Gasteiger charge is 2.12. The molecule has 0 N–H and O–H groups in total. The molecule has 0 fully saturated rings. The number of rotatable bonds is 5. The first-order chi connectivity index (χ1) is 10.0. The summed E-state index contributed by atoms with van der Waals surface area (Å²) in [7, 11) is 1.53. The minimum atomic E-state index is -0.511. The van der Waals surface area contributed by atoms with E-state index in [2.05, 4.69) is 0 Å². The number of hydrogen-bond acceptors (Lipinski definition) is 4. The second-order valence-electron chi connectivity index (χ2n) is 4.12. The van der Waals surface area contributed by atoms with Gasteiger partial charge in [-0.2, -0.15) is 0 Å². The summed E-state index contributed by atoms with van der Waals surface area (Å²) in [5, 5.41) is 11.6. The van der Waals surface area contributed by atoms with E-state index in [-0.39, 0.29) is 18.0 Å². The van der Waals surface area contributed by atoms with Crippen LogP contribution >= 0.6 is 23.2 Å². The molecule has 5 nitrogen and oxygen atoms in total. The van der Waals surface area contributed by atoms with Gasteiger partial charge in [-0.1, -0.05) is 23.2 Å². The predicted octanol–water partition coefficient (Wildman–Crippen LogP) is 4.49. The summed E-state index contributed by atoms with van der Waals surface area (Å²) in [6.07, 6.45) is 0.